The molecule has 1 unspecified atom stereocenters. The van der Waals surface area contributed by atoms with Gasteiger partial charge in [0, 0.05) is 19.1 Å². The molecular formula is C15H25N5OS. The van der Waals surface area contributed by atoms with E-state index in [0.29, 0.717) is 17.6 Å². The lowest BCUT2D eigenvalue weighted by atomic mass is 9.89. The zero-order valence-corrected chi connectivity index (χ0v) is 14.0. The van der Waals surface area contributed by atoms with Gasteiger partial charge in [-0.25, -0.2) is 0 Å². The monoisotopic (exact) mass is 323 g/mol. The van der Waals surface area contributed by atoms with Crippen LogP contribution < -0.4 is 5.73 Å². The Morgan fingerprint density at radius 3 is 2.55 bits per heavy atom. The van der Waals surface area contributed by atoms with Crippen molar-refractivity contribution in [3.05, 3.63) is 5.01 Å². The van der Waals surface area contributed by atoms with Gasteiger partial charge in [0.15, 0.2) is 0 Å². The average Bonchev–Trinajstić information content (AvgIpc) is 3.18. The van der Waals surface area contributed by atoms with E-state index < -0.39 is 0 Å². The number of likely N-dealkylation sites (tertiary alicyclic amines) is 2. The summed E-state index contributed by atoms with van der Waals surface area (Å²) in [7, 11) is 0. The van der Waals surface area contributed by atoms with Crippen LogP contribution in [0.1, 0.15) is 37.6 Å². The summed E-state index contributed by atoms with van der Waals surface area (Å²) in [6, 6.07) is 0.655. The van der Waals surface area contributed by atoms with Gasteiger partial charge in [0.05, 0.1) is 6.42 Å². The van der Waals surface area contributed by atoms with Crippen molar-refractivity contribution < 1.29 is 4.79 Å². The summed E-state index contributed by atoms with van der Waals surface area (Å²) in [6.45, 7) is 6.60. The lowest BCUT2D eigenvalue weighted by Gasteiger charge is -2.38. The second-order valence-electron chi connectivity index (χ2n) is 6.41. The van der Waals surface area contributed by atoms with Gasteiger partial charge in [0.25, 0.3) is 0 Å². The summed E-state index contributed by atoms with van der Waals surface area (Å²) in [5.74, 6) is 0.878. The zero-order valence-electron chi connectivity index (χ0n) is 13.2. The lowest BCUT2D eigenvalue weighted by Crippen LogP contribution is -2.45. The van der Waals surface area contributed by atoms with Gasteiger partial charge in [0.2, 0.25) is 11.0 Å². The molecule has 2 fully saturated rings. The Bertz CT molecular complexity index is 506. The molecule has 1 aromatic rings. The number of carbonyl (C=O) groups is 1. The van der Waals surface area contributed by atoms with Crippen molar-refractivity contribution >= 4 is 22.4 Å². The predicted molar refractivity (Wildman–Crippen MR) is 87.6 cm³/mol. The van der Waals surface area contributed by atoms with E-state index in [0.717, 1.165) is 36.9 Å². The molecular weight excluding hydrogens is 298 g/mol. The number of anilines is 1. The number of nitrogens with zero attached hydrogens (tertiary/aromatic N) is 4. The van der Waals surface area contributed by atoms with Crippen LogP contribution in [0.15, 0.2) is 0 Å². The van der Waals surface area contributed by atoms with Gasteiger partial charge in [-0.2, -0.15) is 0 Å². The first-order chi connectivity index (χ1) is 10.6. The van der Waals surface area contributed by atoms with Gasteiger partial charge in [-0.15, -0.1) is 10.2 Å². The van der Waals surface area contributed by atoms with Gasteiger partial charge in [-0.3, -0.25) is 4.79 Å². The molecule has 0 bridgehead atoms. The molecule has 3 heterocycles. The Morgan fingerprint density at radius 1 is 1.27 bits per heavy atom. The van der Waals surface area contributed by atoms with E-state index in [1.54, 1.807) is 0 Å². The molecule has 0 aliphatic carbocycles. The lowest BCUT2D eigenvalue weighted by molar-refractivity contribution is -0.132. The first-order valence-electron chi connectivity index (χ1n) is 8.23. The molecule has 0 spiro atoms. The Morgan fingerprint density at radius 2 is 1.95 bits per heavy atom. The molecule has 1 atom stereocenters. The summed E-state index contributed by atoms with van der Waals surface area (Å²) in [6.07, 6.45) is 5.24. The number of hydrogen-bond donors (Lipinski definition) is 1. The first kappa shape index (κ1) is 15.7. The topological polar surface area (TPSA) is 75.3 Å². The summed E-state index contributed by atoms with van der Waals surface area (Å²) >= 11 is 1.30. The highest BCUT2D eigenvalue weighted by Gasteiger charge is 2.30. The minimum absolute atomic E-state index is 0.156. The molecule has 2 aliphatic rings. The molecule has 1 aromatic heterocycles. The van der Waals surface area contributed by atoms with Crippen molar-refractivity contribution in [1.82, 2.24) is 20.0 Å². The van der Waals surface area contributed by atoms with E-state index in [9.17, 15) is 4.79 Å². The molecule has 7 heteroatoms. The highest BCUT2D eigenvalue weighted by atomic mass is 32.1. The van der Waals surface area contributed by atoms with Gasteiger partial charge >= 0.3 is 0 Å². The Kier molecular flexibility index (Phi) is 4.93. The van der Waals surface area contributed by atoms with Gasteiger partial charge < -0.3 is 15.5 Å². The number of nitrogens with two attached hydrogens (primary N) is 1. The van der Waals surface area contributed by atoms with Crippen molar-refractivity contribution in [2.24, 2.45) is 5.92 Å². The third kappa shape index (κ3) is 3.57. The number of rotatable bonds is 4. The van der Waals surface area contributed by atoms with Crippen molar-refractivity contribution in [3.63, 3.8) is 0 Å². The minimum Gasteiger partial charge on any atom is -0.374 e. The minimum atomic E-state index is 0.156. The quantitative estimate of drug-likeness (QED) is 0.906. The van der Waals surface area contributed by atoms with E-state index in [1.807, 2.05) is 4.90 Å². The summed E-state index contributed by atoms with van der Waals surface area (Å²) in [5, 5.41) is 8.85. The van der Waals surface area contributed by atoms with E-state index in [-0.39, 0.29) is 5.91 Å². The molecule has 0 radical (unpaired) electrons. The van der Waals surface area contributed by atoms with Gasteiger partial charge in [-0.05, 0) is 51.6 Å². The summed E-state index contributed by atoms with van der Waals surface area (Å²) < 4.78 is 0. The summed E-state index contributed by atoms with van der Waals surface area (Å²) in [4.78, 5) is 16.9. The maximum Gasteiger partial charge on any atom is 0.229 e. The van der Waals surface area contributed by atoms with Crippen molar-refractivity contribution in [2.45, 2.75) is 45.1 Å². The Labute approximate surface area is 135 Å². The number of piperidine rings is 1. The molecule has 122 valence electrons. The fraction of sp³-hybridized carbons (Fsp3) is 0.800. The highest BCUT2D eigenvalue weighted by molar-refractivity contribution is 7.15. The molecule has 6 nitrogen and oxygen atoms in total. The second kappa shape index (κ2) is 6.91. The summed E-state index contributed by atoms with van der Waals surface area (Å²) in [5.41, 5.74) is 5.56. The molecule has 3 rings (SSSR count). The van der Waals surface area contributed by atoms with Crippen LogP contribution in [0, 0.1) is 5.92 Å². The number of nitrogen functional groups attached to an aromatic ring is 1. The fourth-order valence-electron chi connectivity index (χ4n) is 3.66. The van der Waals surface area contributed by atoms with Crippen LogP contribution in [-0.2, 0) is 11.2 Å². The standard InChI is InChI=1S/C15H25N5OS/c1-11(19-6-2-3-7-19)12-4-8-20(9-5-12)14(21)10-13-17-18-15(16)22-13/h11-12H,2-10H2,1H3,(H2,16,18). The average molecular weight is 323 g/mol. The molecule has 1 amide bonds. The maximum absolute atomic E-state index is 12.3. The van der Waals surface area contributed by atoms with Crippen LogP contribution in [0.3, 0.4) is 0 Å². The molecule has 2 aliphatic heterocycles. The van der Waals surface area contributed by atoms with Gasteiger partial charge in [0.1, 0.15) is 5.01 Å². The molecule has 0 saturated carbocycles. The van der Waals surface area contributed by atoms with E-state index >= 15 is 0 Å². The zero-order chi connectivity index (χ0) is 15.5. The predicted octanol–water partition coefficient (Wildman–Crippen LogP) is 1.39. The highest BCUT2D eigenvalue weighted by Crippen LogP contribution is 2.26. The third-order valence-electron chi connectivity index (χ3n) is 5.08. The Balaban J connectivity index is 1.47. The van der Waals surface area contributed by atoms with E-state index in [2.05, 4.69) is 22.0 Å². The van der Waals surface area contributed by atoms with Crippen LogP contribution in [0.4, 0.5) is 5.13 Å². The van der Waals surface area contributed by atoms with Crippen LogP contribution in [0.2, 0.25) is 0 Å². The van der Waals surface area contributed by atoms with Crippen LogP contribution in [0.25, 0.3) is 0 Å². The number of amides is 1. The maximum atomic E-state index is 12.3. The van der Waals surface area contributed by atoms with Crippen LogP contribution in [0.5, 0.6) is 0 Å². The first-order valence-corrected chi connectivity index (χ1v) is 9.05. The molecule has 2 saturated heterocycles. The smallest absolute Gasteiger partial charge is 0.229 e. The van der Waals surface area contributed by atoms with E-state index in [1.165, 1.54) is 37.3 Å². The largest absolute Gasteiger partial charge is 0.374 e. The van der Waals surface area contributed by atoms with Gasteiger partial charge in [-0.1, -0.05) is 11.3 Å². The number of carbonyl (C=O) groups excluding carboxylic acids is 1. The number of hydrogen-bond acceptors (Lipinski definition) is 6. The van der Waals surface area contributed by atoms with E-state index in [4.69, 9.17) is 5.73 Å². The van der Waals surface area contributed by atoms with Crippen molar-refractivity contribution in [1.29, 1.82) is 0 Å². The normalized spacial score (nSPS) is 22.1. The van der Waals surface area contributed by atoms with Crippen molar-refractivity contribution in [3.8, 4) is 0 Å². The molecule has 0 aromatic carbocycles. The molecule has 2 N–H and O–H groups in total. The fourth-order valence-corrected chi connectivity index (χ4v) is 4.26. The molecule has 22 heavy (non-hydrogen) atoms. The van der Waals surface area contributed by atoms with Crippen LogP contribution >= 0.6 is 11.3 Å². The SMILES string of the molecule is CC(C1CCN(C(=O)Cc2nnc(N)s2)CC1)N1CCCC1. The second-order valence-corrected chi connectivity index (χ2v) is 7.51. The Hall–Kier alpha value is -1.21. The third-order valence-corrected chi connectivity index (χ3v) is 5.83. The van der Waals surface area contributed by atoms with Crippen LogP contribution in [-0.4, -0.2) is 58.1 Å². The number of aromatic nitrogens is 2. The van der Waals surface area contributed by atoms with Crippen molar-refractivity contribution in [2.75, 3.05) is 31.9 Å².